The highest BCUT2D eigenvalue weighted by molar-refractivity contribution is 5.92. The van der Waals surface area contributed by atoms with Gasteiger partial charge in [-0.2, -0.15) is 0 Å². The zero-order valence-corrected chi connectivity index (χ0v) is 33.9. The molecule has 6 atom stereocenters. The molecular weight excluding hydrogens is 788 g/mol. The number of carboxylic acid groups (broad SMARTS) is 2. The van der Waals surface area contributed by atoms with Crippen molar-refractivity contribution in [3.8, 4) is 5.75 Å². The van der Waals surface area contributed by atoms with Gasteiger partial charge in [0.25, 0.3) is 0 Å². The smallest absolute Gasteiger partial charge is 0.335 e. The maximum absolute atomic E-state index is 13.0. The van der Waals surface area contributed by atoms with E-state index in [1.165, 1.54) is 6.07 Å². The molecule has 0 bridgehead atoms. The number of carboxylic acids is 2. The first kappa shape index (κ1) is 47.5. The monoisotopic (exact) mass is 844 g/mol. The van der Waals surface area contributed by atoms with Gasteiger partial charge < -0.3 is 65.0 Å². The molecule has 330 valence electrons. The normalized spacial score (nSPS) is 19.5. The fraction of sp³-hybridized carbons (Fsp3) is 0.525. The zero-order chi connectivity index (χ0) is 43.8. The van der Waals surface area contributed by atoms with Gasteiger partial charge >= 0.3 is 11.9 Å². The predicted octanol–water partition coefficient (Wildman–Crippen LogP) is -0.0412. The molecule has 1 fully saturated rings. The van der Waals surface area contributed by atoms with E-state index in [0.717, 1.165) is 22.2 Å². The van der Waals surface area contributed by atoms with Gasteiger partial charge in [0.2, 0.25) is 24.0 Å². The molecule has 2 heterocycles. The second kappa shape index (κ2) is 23.6. The van der Waals surface area contributed by atoms with Crippen LogP contribution in [-0.4, -0.2) is 149 Å². The second-order valence-electron chi connectivity index (χ2n) is 14.1. The molecule has 1 aromatic heterocycles. The first-order valence-corrected chi connectivity index (χ1v) is 19.6. The number of carbonyl (C=O) groups is 5. The van der Waals surface area contributed by atoms with E-state index < -0.39 is 66.4 Å². The largest absolute Gasteiger partial charge is 0.481 e. The number of aliphatic hydroxyl groups excluding tert-OH is 3. The summed E-state index contributed by atoms with van der Waals surface area (Å²) in [4.78, 5) is 61.6. The van der Waals surface area contributed by atoms with Gasteiger partial charge in [0, 0.05) is 44.2 Å². The summed E-state index contributed by atoms with van der Waals surface area (Å²) in [5.74, 6) is -4.03. The highest BCUT2D eigenvalue weighted by atomic mass is 16.7. The van der Waals surface area contributed by atoms with Crippen LogP contribution in [0.15, 0.2) is 48.5 Å². The van der Waals surface area contributed by atoms with E-state index in [0.29, 0.717) is 19.5 Å². The summed E-state index contributed by atoms with van der Waals surface area (Å²) in [5.41, 5.74) is 6.05. The molecule has 3 aromatic rings. The Labute approximate surface area is 346 Å². The van der Waals surface area contributed by atoms with Crippen LogP contribution in [0.3, 0.4) is 0 Å². The molecule has 0 radical (unpaired) electrons. The van der Waals surface area contributed by atoms with Crippen LogP contribution < -0.4 is 26.1 Å². The van der Waals surface area contributed by atoms with E-state index >= 15 is 0 Å². The van der Waals surface area contributed by atoms with Crippen molar-refractivity contribution >= 4 is 46.3 Å². The lowest BCUT2D eigenvalue weighted by molar-refractivity contribution is -0.271. The molecule has 0 spiro atoms. The highest BCUT2D eigenvalue weighted by Crippen LogP contribution is 2.31. The van der Waals surface area contributed by atoms with Crippen LogP contribution in [0.25, 0.3) is 10.9 Å². The standard InChI is InChI=1S/C40H56N6O14/c1-4-24-9-11-30(59-40-36(53)34(51)35(52)37(60-40)39(55)56)28(21-24)44-32(48)14-17-57-19-20-58-18-15-42-38(54)27(10-12-33(49)50)43-31(47)13-16-46-26(23-45(3)41-2)22-25-7-5-6-8-29(25)46/h5-9,11,21-22,27,34-37,40-41,51-53H,4,10,12-20,23H2,1-3H3,(H,42,54)(H,43,47)(H,44,48)(H,49,50)(H,55,56)/t27-,34+,35+,36-,37+,40?/m1/s1. The van der Waals surface area contributed by atoms with Crippen LogP contribution in [-0.2, 0) is 57.7 Å². The number of amides is 3. The lowest BCUT2D eigenvalue weighted by Crippen LogP contribution is -2.61. The Morgan fingerprint density at radius 3 is 2.32 bits per heavy atom. The third-order valence-electron chi connectivity index (χ3n) is 9.71. The van der Waals surface area contributed by atoms with Crippen molar-refractivity contribution in [2.75, 3.05) is 52.4 Å². The number of nitrogens with one attached hydrogen (secondary N) is 4. The minimum atomic E-state index is -1.89. The number of hydrazine groups is 1. The molecule has 1 aliphatic rings. The molecule has 60 heavy (non-hydrogen) atoms. The number of aromatic nitrogens is 1. The first-order valence-electron chi connectivity index (χ1n) is 19.6. The number of fused-ring (bicyclic) bond motifs is 1. The molecular formula is C40H56N6O14. The number of carbonyl (C=O) groups excluding carboxylic acids is 3. The molecule has 2 aromatic carbocycles. The fourth-order valence-corrected chi connectivity index (χ4v) is 6.34. The third kappa shape index (κ3) is 13.9. The fourth-order valence-electron chi connectivity index (χ4n) is 6.34. The van der Waals surface area contributed by atoms with Gasteiger partial charge in [0.05, 0.1) is 45.1 Å². The van der Waals surface area contributed by atoms with Crippen molar-refractivity contribution in [3.05, 3.63) is 59.8 Å². The van der Waals surface area contributed by atoms with E-state index in [1.54, 1.807) is 12.1 Å². The molecule has 20 heteroatoms. The lowest BCUT2D eigenvalue weighted by atomic mass is 9.99. The second-order valence-corrected chi connectivity index (χ2v) is 14.1. The third-order valence-corrected chi connectivity index (χ3v) is 9.71. The number of hydrogen-bond acceptors (Lipinski definition) is 14. The number of aryl methyl sites for hydroxylation is 2. The topological polar surface area (TPSA) is 280 Å². The summed E-state index contributed by atoms with van der Waals surface area (Å²) in [7, 11) is 3.72. The van der Waals surface area contributed by atoms with Gasteiger partial charge in [-0.15, -0.1) is 0 Å². The molecule has 4 rings (SSSR count). The van der Waals surface area contributed by atoms with E-state index in [1.807, 2.05) is 54.9 Å². The number of ether oxygens (including phenoxy) is 4. The molecule has 0 saturated carbocycles. The van der Waals surface area contributed by atoms with Crippen molar-refractivity contribution < 1.29 is 68.5 Å². The number of hydrogen-bond donors (Lipinski definition) is 9. The van der Waals surface area contributed by atoms with Crippen LogP contribution in [0.4, 0.5) is 5.69 Å². The van der Waals surface area contributed by atoms with Crippen molar-refractivity contribution in [2.45, 2.75) is 88.9 Å². The molecule has 1 aliphatic heterocycles. The Morgan fingerprint density at radius 2 is 1.62 bits per heavy atom. The Balaban J connectivity index is 1.17. The maximum atomic E-state index is 13.0. The van der Waals surface area contributed by atoms with Crippen LogP contribution in [0.1, 0.15) is 43.9 Å². The van der Waals surface area contributed by atoms with E-state index in [2.05, 4.69) is 27.4 Å². The van der Waals surface area contributed by atoms with Crippen LogP contribution in [0, 0.1) is 0 Å². The van der Waals surface area contributed by atoms with Crippen molar-refractivity contribution in [3.63, 3.8) is 0 Å². The number of para-hydroxylation sites is 1. The van der Waals surface area contributed by atoms with Gasteiger partial charge in [-0.25, -0.2) is 9.80 Å². The summed E-state index contributed by atoms with van der Waals surface area (Å²) in [6.07, 6.45) is -8.88. The van der Waals surface area contributed by atoms with Gasteiger partial charge in [-0.1, -0.05) is 31.2 Å². The molecule has 3 amide bonds. The molecule has 9 N–H and O–H groups in total. The zero-order valence-electron chi connectivity index (χ0n) is 33.9. The molecule has 0 aliphatic carbocycles. The highest BCUT2D eigenvalue weighted by Gasteiger charge is 2.48. The molecule has 1 unspecified atom stereocenters. The Bertz CT molecular complexity index is 1910. The Morgan fingerprint density at radius 1 is 0.883 bits per heavy atom. The number of aliphatic hydroxyl groups is 3. The minimum absolute atomic E-state index is 0.0181. The average Bonchev–Trinajstić information content (AvgIpc) is 3.57. The number of anilines is 1. The first-order chi connectivity index (χ1) is 28.7. The van der Waals surface area contributed by atoms with Crippen LogP contribution in [0.5, 0.6) is 5.75 Å². The van der Waals surface area contributed by atoms with Crippen molar-refractivity contribution in [1.82, 2.24) is 25.6 Å². The van der Waals surface area contributed by atoms with Crippen molar-refractivity contribution in [1.29, 1.82) is 0 Å². The van der Waals surface area contributed by atoms with Gasteiger partial charge in [0.1, 0.15) is 30.1 Å². The Hall–Kier alpha value is -5.19. The van der Waals surface area contributed by atoms with Gasteiger partial charge in [-0.05, 0) is 55.1 Å². The number of benzene rings is 2. The molecule has 20 nitrogen and oxygen atoms in total. The summed E-state index contributed by atoms with van der Waals surface area (Å²) >= 11 is 0. The average molecular weight is 845 g/mol. The van der Waals surface area contributed by atoms with Gasteiger partial charge in [-0.3, -0.25) is 24.6 Å². The summed E-state index contributed by atoms with van der Waals surface area (Å²) < 4.78 is 23.9. The number of nitrogens with zero attached hydrogens (tertiary/aromatic N) is 2. The lowest BCUT2D eigenvalue weighted by Gasteiger charge is -2.38. The minimum Gasteiger partial charge on any atom is -0.481 e. The van der Waals surface area contributed by atoms with E-state index in [4.69, 9.17) is 18.9 Å². The number of rotatable bonds is 25. The van der Waals surface area contributed by atoms with Crippen molar-refractivity contribution in [2.24, 2.45) is 0 Å². The van der Waals surface area contributed by atoms with E-state index in [-0.39, 0.29) is 70.1 Å². The molecule has 1 saturated heterocycles. The summed E-state index contributed by atoms with van der Waals surface area (Å²) in [5, 5.41) is 60.0. The van der Waals surface area contributed by atoms with E-state index in [9.17, 15) is 49.5 Å². The predicted molar refractivity (Wildman–Crippen MR) is 215 cm³/mol. The summed E-state index contributed by atoms with van der Waals surface area (Å²) in [6, 6.07) is 13.7. The van der Waals surface area contributed by atoms with Crippen LogP contribution >= 0.6 is 0 Å². The SMILES string of the molecule is CCc1ccc(OC2O[C@H](C(=O)O)[C@@H](O)[C@H](O)[C@H]2O)c(NC(=O)CCOCCOCCNC(=O)[C@@H](CCC(=O)O)NC(=O)CCn2c(CN(C)NC)cc3ccccc32)c1. The van der Waals surface area contributed by atoms with Gasteiger partial charge in [0.15, 0.2) is 6.10 Å². The number of aliphatic carboxylic acids is 2. The maximum Gasteiger partial charge on any atom is 0.335 e. The van der Waals surface area contributed by atoms with Crippen LogP contribution in [0.2, 0.25) is 0 Å². The Kier molecular flexibility index (Phi) is 18.6. The summed E-state index contributed by atoms with van der Waals surface area (Å²) in [6.45, 7) is 3.28. The quantitative estimate of drug-likeness (QED) is 0.0400.